The second-order valence-corrected chi connectivity index (χ2v) is 7.84. The van der Waals surface area contributed by atoms with E-state index in [-0.39, 0.29) is 11.0 Å². The molecule has 0 bridgehead atoms. The quantitative estimate of drug-likeness (QED) is 0.467. The van der Waals surface area contributed by atoms with Crippen molar-refractivity contribution in [2.24, 2.45) is 0 Å². The van der Waals surface area contributed by atoms with Crippen molar-refractivity contribution >= 4 is 54.9 Å². The highest BCUT2D eigenvalue weighted by atomic mass is 32.1. The number of thiazole rings is 2. The van der Waals surface area contributed by atoms with Crippen molar-refractivity contribution in [2.75, 3.05) is 5.32 Å². The number of rotatable bonds is 3. The molecule has 5 rings (SSSR count). The number of amides is 1. The molecular weight excluding hydrogens is 394 g/mol. The number of carbonyl (C=O) groups is 1. The zero-order valence-corrected chi connectivity index (χ0v) is 15.8. The third-order valence-electron chi connectivity index (χ3n) is 4.16. The molecule has 5 aromatic rings. The molecular formula is C20H11N3O3S2. The van der Waals surface area contributed by atoms with Crippen molar-refractivity contribution in [1.29, 1.82) is 0 Å². The molecule has 136 valence electrons. The van der Waals surface area contributed by atoms with Gasteiger partial charge in [0.2, 0.25) is 5.43 Å². The first-order chi connectivity index (χ1) is 13.7. The van der Waals surface area contributed by atoms with Gasteiger partial charge < -0.3 is 4.42 Å². The molecule has 0 spiro atoms. The van der Waals surface area contributed by atoms with Crippen LogP contribution in [0.4, 0.5) is 5.13 Å². The molecule has 0 fully saturated rings. The maximum absolute atomic E-state index is 12.5. The number of nitrogens with zero attached hydrogens (tertiary/aromatic N) is 2. The summed E-state index contributed by atoms with van der Waals surface area (Å²) in [6, 6.07) is 14.7. The second kappa shape index (κ2) is 6.66. The van der Waals surface area contributed by atoms with Gasteiger partial charge in [0.1, 0.15) is 28.1 Å². The number of nitrogens with one attached hydrogen (secondary N) is 1. The molecule has 0 radical (unpaired) electrons. The molecule has 0 atom stereocenters. The first-order valence-corrected chi connectivity index (χ1v) is 10.0. The molecule has 0 aliphatic rings. The van der Waals surface area contributed by atoms with Crippen LogP contribution in [0.1, 0.15) is 10.4 Å². The Kier molecular flexibility index (Phi) is 4.00. The zero-order chi connectivity index (χ0) is 19.1. The first-order valence-electron chi connectivity index (χ1n) is 8.32. The lowest BCUT2D eigenvalue weighted by molar-refractivity contribution is 0.102. The third kappa shape index (κ3) is 2.88. The Bertz CT molecular complexity index is 1370. The van der Waals surface area contributed by atoms with Gasteiger partial charge in [-0.15, -0.1) is 22.7 Å². The largest absolute Gasteiger partial charge is 0.463 e. The van der Waals surface area contributed by atoms with Gasteiger partial charge in [-0.25, -0.2) is 9.97 Å². The SMILES string of the molecule is O=C(Nc1nc(-c2nc3ccccc3s2)cs1)c1coc2ccccc2c1=O. The number of carbonyl (C=O) groups excluding carboxylic acids is 1. The van der Waals surface area contributed by atoms with Gasteiger partial charge in [-0.1, -0.05) is 24.3 Å². The number of hydrogen-bond donors (Lipinski definition) is 1. The van der Waals surface area contributed by atoms with Crippen LogP contribution < -0.4 is 10.7 Å². The number of fused-ring (bicyclic) bond motifs is 2. The molecule has 1 N–H and O–H groups in total. The fourth-order valence-electron chi connectivity index (χ4n) is 2.81. The minimum absolute atomic E-state index is 0.0598. The van der Waals surface area contributed by atoms with Crippen LogP contribution in [0.5, 0.6) is 0 Å². The summed E-state index contributed by atoms with van der Waals surface area (Å²) in [7, 11) is 0. The van der Waals surface area contributed by atoms with Crippen molar-refractivity contribution in [2.45, 2.75) is 0 Å². The average Bonchev–Trinajstić information content (AvgIpc) is 3.35. The molecule has 28 heavy (non-hydrogen) atoms. The van der Waals surface area contributed by atoms with Gasteiger partial charge in [-0.3, -0.25) is 14.9 Å². The Morgan fingerprint density at radius 3 is 2.75 bits per heavy atom. The maximum Gasteiger partial charge on any atom is 0.264 e. The molecule has 6 nitrogen and oxygen atoms in total. The number of hydrogen-bond acceptors (Lipinski definition) is 7. The van der Waals surface area contributed by atoms with Crippen molar-refractivity contribution < 1.29 is 9.21 Å². The first kappa shape index (κ1) is 16.8. The van der Waals surface area contributed by atoms with Gasteiger partial charge in [0.15, 0.2) is 5.13 Å². The van der Waals surface area contributed by atoms with Crippen molar-refractivity contribution in [3.05, 3.63) is 76.0 Å². The monoisotopic (exact) mass is 405 g/mol. The maximum atomic E-state index is 12.5. The predicted octanol–water partition coefficient (Wildman–Crippen LogP) is 4.78. The van der Waals surface area contributed by atoms with E-state index in [0.717, 1.165) is 15.2 Å². The van der Waals surface area contributed by atoms with E-state index in [1.165, 1.54) is 28.9 Å². The van der Waals surface area contributed by atoms with E-state index in [2.05, 4.69) is 15.3 Å². The summed E-state index contributed by atoms with van der Waals surface area (Å²) in [6.45, 7) is 0. The molecule has 0 saturated carbocycles. The second-order valence-electron chi connectivity index (χ2n) is 5.95. The summed E-state index contributed by atoms with van der Waals surface area (Å²) in [5, 5.41) is 6.04. The van der Waals surface area contributed by atoms with Crippen LogP contribution in [0.3, 0.4) is 0 Å². The zero-order valence-electron chi connectivity index (χ0n) is 14.2. The highest BCUT2D eigenvalue weighted by Gasteiger charge is 2.17. The highest BCUT2D eigenvalue weighted by molar-refractivity contribution is 7.22. The minimum Gasteiger partial charge on any atom is -0.463 e. The van der Waals surface area contributed by atoms with Gasteiger partial charge in [0, 0.05) is 5.38 Å². The van der Waals surface area contributed by atoms with Crippen LogP contribution >= 0.6 is 22.7 Å². The molecule has 2 aromatic carbocycles. The van der Waals surface area contributed by atoms with E-state index >= 15 is 0 Å². The number of benzene rings is 2. The fourth-order valence-corrected chi connectivity index (χ4v) is 4.50. The van der Waals surface area contributed by atoms with Gasteiger partial charge in [-0.2, -0.15) is 0 Å². The topological polar surface area (TPSA) is 85.1 Å². The summed E-state index contributed by atoms with van der Waals surface area (Å²) in [5.74, 6) is -0.551. The average molecular weight is 405 g/mol. The van der Waals surface area contributed by atoms with Crippen LogP contribution in [0, 0.1) is 0 Å². The van der Waals surface area contributed by atoms with E-state index < -0.39 is 5.91 Å². The Balaban J connectivity index is 1.43. The van der Waals surface area contributed by atoms with E-state index in [4.69, 9.17) is 4.42 Å². The number of para-hydroxylation sites is 2. The van der Waals surface area contributed by atoms with Gasteiger partial charge in [-0.05, 0) is 24.3 Å². The van der Waals surface area contributed by atoms with Crippen LogP contribution in [0.15, 0.2) is 69.4 Å². The lowest BCUT2D eigenvalue weighted by atomic mass is 10.1. The number of anilines is 1. The van der Waals surface area contributed by atoms with Crippen LogP contribution in [0.2, 0.25) is 0 Å². The van der Waals surface area contributed by atoms with E-state index in [9.17, 15) is 9.59 Å². The fraction of sp³-hybridized carbons (Fsp3) is 0. The predicted molar refractivity (Wildman–Crippen MR) is 111 cm³/mol. The van der Waals surface area contributed by atoms with E-state index in [0.29, 0.717) is 21.8 Å². The third-order valence-corrected chi connectivity index (χ3v) is 5.98. The molecule has 0 aliphatic heterocycles. The van der Waals surface area contributed by atoms with Crippen molar-refractivity contribution in [3.63, 3.8) is 0 Å². The summed E-state index contributed by atoms with van der Waals surface area (Å²) in [5.41, 5.74) is 1.61. The summed E-state index contributed by atoms with van der Waals surface area (Å²) in [4.78, 5) is 34.1. The molecule has 8 heteroatoms. The molecule has 3 aromatic heterocycles. The number of aromatic nitrogens is 2. The summed E-state index contributed by atoms with van der Waals surface area (Å²) >= 11 is 2.82. The molecule has 1 amide bonds. The standard InChI is InChI=1S/C20H11N3O3S2/c24-17-11-5-1-3-7-15(11)26-9-12(17)18(25)23-20-22-14(10-27-20)19-21-13-6-2-4-8-16(13)28-19/h1-10H,(H,22,23,25). The van der Waals surface area contributed by atoms with Gasteiger partial charge in [0.25, 0.3) is 5.91 Å². The van der Waals surface area contributed by atoms with E-state index in [1.807, 2.05) is 29.6 Å². The summed E-state index contributed by atoms with van der Waals surface area (Å²) in [6.07, 6.45) is 1.18. The lowest BCUT2D eigenvalue weighted by Gasteiger charge is -2.02. The summed E-state index contributed by atoms with van der Waals surface area (Å²) < 4.78 is 6.48. The van der Waals surface area contributed by atoms with Gasteiger partial charge >= 0.3 is 0 Å². The molecule has 0 aliphatic carbocycles. The Hall–Kier alpha value is -3.36. The normalized spacial score (nSPS) is 11.1. The van der Waals surface area contributed by atoms with Crippen molar-refractivity contribution in [1.82, 2.24) is 9.97 Å². The molecule has 0 unspecified atom stereocenters. The minimum atomic E-state index is -0.551. The Labute approximate surface area is 166 Å². The smallest absolute Gasteiger partial charge is 0.264 e. The van der Waals surface area contributed by atoms with E-state index in [1.54, 1.807) is 24.3 Å². The van der Waals surface area contributed by atoms with Crippen molar-refractivity contribution in [3.8, 4) is 10.7 Å². The highest BCUT2D eigenvalue weighted by Crippen LogP contribution is 2.32. The van der Waals surface area contributed by atoms with Gasteiger partial charge in [0.05, 0.1) is 15.6 Å². The Morgan fingerprint density at radius 1 is 1.04 bits per heavy atom. The Morgan fingerprint density at radius 2 is 1.86 bits per heavy atom. The van der Waals surface area contributed by atoms with Crippen LogP contribution in [0.25, 0.3) is 31.9 Å². The van der Waals surface area contributed by atoms with Crippen LogP contribution in [-0.4, -0.2) is 15.9 Å². The molecule has 3 heterocycles. The lowest BCUT2D eigenvalue weighted by Crippen LogP contribution is -2.21. The van der Waals surface area contributed by atoms with Crippen LogP contribution in [-0.2, 0) is 0 Å². The molecule has 0 saturated heterocycles.